The molecule has 4 nitrogen and oxygen atoms in total. The van der Waals surface area contributed by atoms with E-state index in [0.717, 1.165) is 88.1 Å². The number of aromatic nitrogens is 2. The van der Waals surface area contributed by atoms with E-state index in [9.17, 15) is 0 Å². The highest BCUT2D eigenvalue weighted by atomic mass is 16.3. The van der Waals surface area contributed by atoms with Gasteiger partial charge in [0.2, 0.25) is 0 Å². The van der Waals surface area contributed by atoms with Gasteiger partial charge in [0.1, 0.15) is 22.3 Å². The molecule has 0 fully saturated rings. The van der Waals surface area contributed by atoms with Crippen molar-refractivity contribution in [2.45, 2.75) is 0 Å². The predicted molar refractivity (Wildman–Crippen MR) is 162 cm³/mol. The van der Waals surface area contributed by atoms with Gasteiger partial charge in [0, 0.05) is 44.3 Å². The van der Waals surface area contributed by atoms with Gasteiger partial charge in [-0.25, -0.2) is 4.98 Å². The summed E-state index contributed by atoms with van der Waals surface area (Å²) in [5, 5.41) is 6.43. The smallest absolute Gasteiger partial charge is 0.147 e. The molecule has 9 rings (SSSR count). The highest BCUT2D eigenvalue weighted by Crippen LogP contribution is 2.44. The minimum absolute atomic E-state index is 0.835. The number of pyridine rings is 2. The average Bonchev–Trinajstić information content (AvgIpc) is 3.59. The Hall–Kier alpha value is -5.48. The first-order chi connectivity index (χ1) is 19.8. The summed E-state index contributed by atoms with van der Waals surface area (Å²) in [6.07, 6.45) is 1.82. The van der Waals surface area contributed by atoms with Crippen molar-refractivity contribution < 1.29 is 8.83 Å². The maximum absolute atomic E-state index is 6.47. The molecule has 0 bridgehead atoms. The van der Waals surface area contributed by atoms with Gasteiger partial charge < -0.3 is 8.83 Å². The van der Waals surface area contributed by atoms with Crippen LogP contribution in [0.25, 0.3) is 88.1 Å². The van der Waals surface area contributed by atoms with Gasteiger partial charge in [-0.05, 0) is 35.9 Å². The molecule has 0 aliphatic rings. The van der Waals surface area contributed by atoms with Gasteiger partial charge in [-0.2, -0.15) is 0 Å². The van der Waals surface area contributed by atoms with E-state index in [1.54, 1.807) is 0 Å². The summed E-state index contributed by atoms with van der Waals surface area (Å²) in [5.74, 6) is 0. The fourth-order valence-corrected chi connectivity index (χ4v) is 5.98. The Labute approximate surface area is 228 Å². The van der Waals surface area contributed by atoms with Crippen molar-refractivity contribution in [2.75, 3.05) is 0 Å². The zero-order valence-corrected chi connectivity index (χ0v) is 21.3. The van der Waals surface area contributed by atoms with Crippen molar-refractivity contribution in [3.8, 4) is 22.4 Å². The molecule has 4 heterocycles. The summed E-state index contributed by atoms with van der Waals surface area (Å²) in [6, 6.07) is 39.6. The van der Waals surface area contributed by atoms with Gasteiger partial charge in [0.15, 0.2) is 0 Å². The van der Waals surface area contributed by atoms with Gasteiger partial charge in [-0.15, -0.1) is 0 Å². The number of furan rings is 2. The Kier molecular flexibility index (Phi) is 4.30. The summed E-state index contributed by atoms with van der Waals surface area (Å²) in [7, 11) is 0. The van der Waals surface area contributed by atoms with Crippen LogP contribution in [0.4, 0.5) is 0 Å². The first kappa shape index (κ1) is 21.5. The lowest BCUT2D eigenvalue weighted by Gasteiger charge is -2.08. The number of benzene rings is 5. The molecule has 0 saturated carbocycles. The van der Waals surface area contributed by atoms with Crippen molar-refractivity contribution in [2.24, 2.45) is 0 Å². The van der Waals surface area contributed by atoms with Crippen LogP contribution in [0.1, 0.15) is 0 Å². The molecule has 0 aliphatic heterocycles. The minimum Gasteiger partial charge on any atom is -0.455 e. The quantitative estimate of drug-likeness (QED) is 0.216. The van der Waals surface area contributed by atoms with E-state index in [2.05, 4.69) is 83.8 Å². The van der Waals surface area contributed by atoms with Crippen molar-refractivity contribution in [3.63, 3.8) is 0 Å². The Balaban J connectivity index is 1.25. The van der Waals surface area contributed by atoms with Crippen LogP contribution in [0.5, 0.6) is 0 Å². The number of hydrogen-bond acceptors (Lipinski definition) is 4. The zero-order chi connectivity index (χ0) is 26.2. The molecule has 0 spiro atoms. The topological polar surface area (TPSA) is 52.1 Å². The molecular weight excluding hydrogens is 492 g/mol. The Morgan fingerprint density at radius 3 is 2.02 bits per heavy atom. The summed E-state index contributed by atoms with van der Waals surface area (Å²) < 4.78 is 12.9. The van der Waals surface area contributed by atoms with Crippen LogP contribution in [-0.4, -0.2) is 9.97 Å². The second-order valence-corrected chi connectivity index (χ2v) is 10.2. The second kappa shape index (κ2) is 8.01. The Morgan fingerprint density at radius 2 is 1.18 bits per heavy atom. The molecule has 0 radical (unpaired) electrons. The third-order valence-corrected chi connectivity index (χ3v) is 7.91. The van der Waals surface area contributed by atoms with E-state index in [0.29, 0.717) is 0 Å². The molecule has 4 aromatic heterocycles. The average molecular weight is 513 g/mol. The number of para-hydroxylation sites is 2. The lowest BCUT2D eigenvalue weighted by Crippen LogP contribution is -1.89. The van der Waals surface area contributed by atoms with E-state index >= 15 is 0 Å². The third kappa shape index (κ3) is 3.01. The molecule has 40 heavy (non-hydrogen) atoms. The molecular formula is C36H20N2O2. The van der Waals surface area contributed by atoms with Crippen LogP contribution in [0.15, 0.2) is 130 Å². The fraction of sp³-hybridized carbons (Fsp3) is 0. The standard InChI is InChI=1S/C36H20N2O2/c1-3-9-30-25(7-1)28-20-27(35-32(36(28)39-30)26-8-2-4-10-31(26)40-35)21-11-13-22(14-12-21)29-18-17-24-16-15-23-6-5-19-37-33(23)34(24)38-29/h1-20H. The van der Waals surface area contributed by atoms with Crippen molar-refractivity contribution >= 4 is 65.7 Å². The zero-order valence-electron chi connectivity index (χ0n) is 21.3. The SMILES string of the molecule is c1cnc2c(c1)ccc1ccc(-c3ccc(-c4cc5c6ccccc6oc5c5c4oc4ccccc45)cc3)nc12. The van der Waals surface area contributed by atoms with Crippen LogP contribution in [0.2, 0.25) is 0 Å². The van der Waals surface area contributed by atoms with Crippen LogP contribution >= 0.6 is 0 Å². The largest absolute Gasteiger partial charge is 0.455 e. The molecule has 0 saturated heterocycles. The predicted octanol–water partition coefficient (Wildman–Crippen LogP) is 9.92. The van der Waals surface area contributed by atoms with Gasteiger partial charge in [0.05, 0.1) is 22.1 Å². The van der Waals surface area contributed by atoms with Gasteiger partial charge in [-0.1, -0.05) is 84.9 Å². The summed E-state index contributed by atoms with van der Waals surface area (Å²) >= 11 is 0. The molecule has 0 N–H and O–H groups in total. The lowest BCUT2D eigenvalue weighted by atomic mass is 9.97. The Morgan fingerprint density at radius 1 is 0.500 bits per heavy atom. The van der Waals surface area contributed by atoms with Crippen LogP contribution in [0, 0.1) is 0 Å². The number of hydrogen-bond donors (Lipinski definition) is 0. The molecule has 0 unspecified atom stereocenters. The van der Waals surface area contributed by atoms with E-state index in [1.165, 1.54) is 0 Å². The molecule has 9 aromatic rings. The Bertz CT molecular complexity index is 2430. The van der Waals surface area contributed by atoms with Gasteiger partial charge in [-0.3, -0.25) is 4.98 Å². The normalized spacial score (nSPS) is 12.0. The monoisotopic (exact) mass is 512 g/mol. The van der Waals surface area contributed by atoms with Crippen molar-refractivity contribution in [1.29, 1.82) is 0 Å². The highest BCUT2D eigenvalue weighted by Gasteiger charge is 2.20. The summed E-state index contributed by atoms with van der Waals surface area (Å²) in [4.78, 5) is 9.64. The maximum atomic E-state index is 6.47. The third-order valence-electron chi connectivity index (χ3n) is 7.91. The molecule has 0 atom stereocenters. The maximum Gasteiger partial charge on any atom is 0.147 e. The highest BCUT2D eigenvalue weighted by molar-refractivity contribution is 6.25. The van der Waals surface area contributed by atoms with Crippen LogP contribution in [-0.2, 0) is 0 Å². The first-order valence-corrected chi connectivity index (χ1v) is 13.3. The minimum atomic E-state index is 0.835. The van der Waals surface area contributed by atoms with E-state index in [4.69, 9.17) is 13.8 Å². The molecule has 186 valence electrons. The fourth-order valence-electron chi connectivity index (χ4n) is 5.98. The summed E-state index contributed by atoms with van der Waals surface area (Å²) in [6.45, 7) is 0. The number of nitrogens with zero attached hydrogens (tertiary/aromatic N) is 2. The van der Waals surface area contributed by atoms with E-state index in [1.807, 2.05) is 42.6 Å². The van der Waals surface area contributed by atoms with Crippen LogP contribution < -0.4 is 0 Å². The first-order valence-electron chi connectivity index (χ1n) is 13.3. The molecule has 4 heteroatoms. The number of rotatable bonds is 2. The summed E-state index contributed by atoms with van der Waals surface area (Å²) in [5.41, 5.74) is 9.35. The van der Waals surface area contributed by atoms with Crippen molar-refractivity contribution in [3.05, 3.63) is 121 Å². The van der Waals surface area contributed by atoms with Crippen molar-refractivity contribution in [1.82, 2.24) is 9.97 Å². The van der Waals surface area contributed by atoms with Crippen LogP contribution in [0.3, 0.4) is 0 Å². The van der Waals surface area contributed by atoms with Gasteiger partial charge in [0.25, 0.3) is 0 Å². The van der Waals surface area contributed by atoms with Gasteiger partial charge >= 0.3 is 0 Å². The number of fused-ring (bicyclic) bond motifs is 10. The van der Waals surface area contributed by atoms with E-state index in [-0.39, 0.29) is 0 Å². The molecule has 0 amide bonds. The molecule has 0 aliphatic carbocycles. The second-order valence-electron chi connectivity index (χ2n) is 10.2. The molecule has 5 aromatic carbocycles. The lowest BCUT2D eigenvalue weighted by molar-refractivity contribution is 0.663. The van der Waals surface area contributed by atoms with E-state index < -0.39 is 0 Å².